The van der Waals surface area contributed by atoms with E-state index in [4.69, 9.17) is 21.6 Å². The van der Waals surface area contributed by atoms with Crippen molar-refractivity contribution < 1.29 is 14.3 Å². The number of likely N-dealkylation sites (N-methyl/N-ethyl adjacent to an activating group) is 1. The van der Waals surface area contributed by atoms with Crippen LogP contribution in [-0.4, -0.2) is 52.9 Å². The number of amides is 2. The number of aromatic nitrogens is 2. The number of hydrogen-bond donors (Lipinski definition) is 2. The highest BCUT2D eigenvalue weighted by Crippen LogP contribution is 2.27. The Morgan fingerprint density at radius 1 is 1.34 bits per heavy atom. The first-order valence-electron chi connectivity index (χ1n) is 10.0. The molecule has 3 rings (SSSR count). The van der Waals surface area contributed by atoms with Crippen molar-refractivity contribution in [2.24, 2.45) is 0 Å². The molecule has 0 bridgehead atoms. The SMILES string of the molecule is CNC(=O)C(C)Oc1cc(NC(=O)Cc2ccc(C3=CCCN(C#N)C3)nc2)ncc1Cl. The molecular weight excluding hydrogens is 432 g/mol. The van der Waals surface area contributed by atoms with E-state index >= 15 is 0 Å². The van der Waals surface area contributed by atoms with Gasteiger partial charge < -0.3 is 20.3 Å². The van der Waals surface area contributed by atoms with Crippen molar-refractivity contribution in [2.75, 3.05) is 25.5 Å². The van der Waals surface area contributed by atoms with Gasteiger partial charge in [-0.2, -0.15) is 5.26 Å². The van der Waals surface area contributed by atoms with Gasteiger partial charge in [0.05, 0.1) is 24.9 Å². The van der Waals surface area contributed by atoms with Crippen LogP contribution in [0.3, 0.4) is 0 Å². The van der Waals surface area contributed by atoms with Crippen molar-refractivity contribution in [1.29, 1.82) is 5.26 Å². The lowest BCUT2D eigenvalue weighted by Crippen LogP contribution is -2.33. The third-order valence-electron chi connectivity index (χ3n) is 4.82. The minimum Gasteiger partial charge on any atom is -0.479 e. The summed E-state index contributed by atoms with van der Waals surface area (Å²) in [7, 11) is 1.51. The summed E-state index contributed by atoms with van der Waals surface area (Å²) in [5.74, 6) is -0.0887. The van der Waals surface area contributed by atoms with Gasteiger partial charge in [0.15, 0.2) is 12.3 Å². The number of anilines is 1. The van der Waals surface area contributed by atoms with Crippen LogP contribution < -0.4 is 15.4 Å². The van der Waals surface area contributed by atoms with Gasteiger partial charge in [0, 0.05) is 25.9 Å². The van der Waals surface area contributed by atoms with Crippen LogP contribution in [0.4, 0.5) is 5.82 Å². The van der Waals surface area contributed by atoms with Gasteiger partial charge in [-0.15, -0.1) is 0 Å². The van der Waals surface area contributed by atoms with Crippen LogP contribution in [0, 0.1) is 11.5 Å². The van der Waals surface area contributed by atoms with Crippen molar-refractivity contribution in [3.8, 4) is 11.9 Å². The molecule has 0 aromatic carbocycles. The molecule has 0 aliphatic carbocycles. The minimum atomic E-state index is -0.757. The van der Waals surface area contributed by atoms with Crippen molar-refractivity contribution in [1.82, 2.24) is 20.2 Å². The number of pyridine rings is 2. The van der Waals surface area contributed by atoms with E-state index in [0.717, 1.165) is 23.3 Å². The van der Waals surface area contributed by atoms with Gasteiger partial charge in [0.2, 0.25) is 5.91 Å². The summed E-state index contributed by atoms with van der Waals surface area (Å²) >= 11 is 6.09. The van der Waals surface area contributed by atoms with Crippen molar-refractivity contribution in [3.63, 3.8) is 0 Å². The first-order chi connectivity index (χ1) is 15.4. The molecule has 2 N–H and O–H groups in total. The van der Waals surface area contributed by atoms with Crippen LogP contribution in [0.2, 0.25) is 5.02 Å². The molecule has 32 heavy (non-hydrogen) atoms. The summed E-state index contributed by atoms with van der Waals surface area (Å²) in [6.07, 6.45) is 7.39. The molecule has 0 radical (unpaired) electrons. The fourth-order valence-corrected chi connectivity index (χ4v) is 3.28. The molecule has 1 aliphatic heterocycles. The number of nitriles is 1. The summed E-state index contributed by atoms with van der Waals surface area (Å²) < 4.78 is 5.55. The van der Waals surface area contributed by atoms with E-state index < -0.39 is 6.10 Å². The van der Waals surface area contributed by atoms with Crippen LogP contribution in [0.5, 0.6) is 5.75 Å². The lowest BCUT2D eigenvalue weighted by Gasteiger charge is -2.21. The van der Waals surface area contributed by atoms with E-state index in [9.17, 15) is 9.59 Å². The Morgan fingerprint density at radius 2 is 2.16 bits per heavy atom. The molecule has 1 atom stereocenters. The van der Waals surface area contributed by atoms with Crippen LogP contribution in [0.1, 0.15) is 24.6 Å². The molecule has 2 aromatic heterocycles. The normalized spacial score (nSPS) is 14.1. The lowest BCUT2D eigenvalue weighted by molar-refractivity contribution is -0.126. The zero-order chi connectivity index (χ0) is 23.1. The maximum Gasteiger partial charge on any atom is 0.260 e. The Hall–Kier alpha value is -3.64. The number of hydrogen-bond acceptors (Lipinski definition) is 7. The smallest absolute Gasteiger partial charge is 0.260 e. The number of carbonyl (C=O) groups excluding carboxylic acids is 2. The van der Waals surface area contributed by atoms with E-state index in [1.807, 2.05) is 12.1 Å². The van der Waals surface area contributed by atoms with Gasteiger partial charge in [-0.05, 0) is 30.5 Å². The second-order valence-corrected chi connectivity index (χ2v) is 7.60. The second kappa shape index (κ2) is 10.6. The second-order valence-electron chi connectivity index (χ2n) is 7.19. The van der Waals surface area contributed by atoms with Gasteiger partial charge in [-0.25, -0.2) is 4.98 Å². The molecule has 0 fully saturated rings. The third kappa shape index (κ3) is 5.95. The van der Waals surface area contributed by atoms with Gasteiger partial charge in [-0.3, -0.25) is 14.6 Å². The molecule has 0 saturated heterocycles. The highest BCUT2D eigenvalue weighted by molar-refractivity contribution is 6.32. The van der Waals surface area contributed by atoms with Crippen LogP contribution in [0.15, 0.2) is 36.7 Å². The molecule has 9 nitrogen and oxygen atoms in total. The molecule has 1 unspecified atom stereocenters. The molecular formula is C22H23ClN6O3. The van der Waals surface area contributed by atoms with Gasteiger partial charge in [0.1, 0.15) is 16.6 Å². The molecule has 1 aliphatic rings. The molecule has 166 valence electrons. The molecule has 3 heterocycles. The predicted molar refractivity (Wildman–Crippen MR) is 120 cm³/mol. The fraction of sp³-hybridized carbons (Fsp3) is 0.318. The molecule has 0 spiro atoms. The zero-order valence-corrected chi connectivity index (χ0v) is 18.5. The molecule has 0 saturated carbocycles. The fourth-order valence-electron chi connectivity index (χ4n) is 3.13. The van der Waals surface area contributed by atoms with E-state index in [-0.39, 0.29) is 34.8 Å². The highest BCUT2D eigenvalue weighted by atomic mass is 35.5. The van der Waals surface area contributed by atoms with Crippen LogP contribution in [-0.2, 0) is 16.0 Å². The Morgan fingerprint density at radius 3 is 2.84 bits per heavy atom. The van der Waals surface area contributed by atoms with E-state index in [1.54, 1.807) is 18.0 Å². The maximum atomic E-state index is 12.5. The molecule has 2 aromatic rings. The largest absolute Gasteiger partial charge is 0.479 e. The summed E-state index contributed by atoms with van der Waals surface area (Å²) in [5.41, 5.74) is 2.52. The summed E-state index contributed by atoms with van der Waals surface area (Å²) in [6, 6.07) is 5.16. The zero-order valence-electron chi connectivity index (χ0n) is 17.8. The van der Waals surface area contributed by atoms with Gasteiger partial charge >= 0.3 is 0 Å². The van der Waals surface area contributed by atoms with Crippen molar-refractivity contribution in [3.05, 3.63) is 52.9 Å². The van der Waals surface area contributed by atoms with E-state index in [0.29, 0.717) is 13.1 Å². The number of ether oxygens (including phenoxy) is 1. The predicted octanol–water partition coefficient (Wildman–Crippen LogP) is 2.39. The van der Waals surface area contributed by atoms with Gasteiger partial charge in [0.25, 0.3) is 5.91 Å². The Kier molecular flexibility index (Phi) is 7.63. The topological polar surface area (TPSA) is 120 Å². The van der Waals surface area contributed by atoms with Crippen molar-refractivity contribution in [2.45, 2.75) is 25.9 Å². The third-order valence-corrected chi connectivity index (χ3v) is 5.10. The number of halogens is 1. The number of nitrogens with one attached hydrogen (secondary N) is 2. The summed E-state index contributed by atoms with van der Waals surface area (Å²) in [6.45, 7) is 2.84. The first kappa shape index (κ1) is 23.0. The average molecular weight is 455 g/mol. The number of rotatable bonds is 7. The first-order valence-corrected chi connectivity index (χ1v) is 10.4. The average Bonchev–Trinajstić information content (AvgIpc) is 2.81. The van der Waals surface area contributed by atoms with E-state index in [1.165, 1.54) is 19.3 Å². The highest BCUT2D eigenvalue weighted by Gasteiger charge is 2.17. The Balaban J connectivity index is 1.61. The minimum absolute atomic E-state index is 0.103. The standard InChI is InChI=1S/C22H23ClN6O3/c1-14(22(31)25-2)32-19-9-20(27-11-17(19)23)28-21(30)8-15-5-6-18(26-10-15)16-4-3-7-29(12-16)13-24/h4-6,9-11,14H,3,7-8,12H2,1-2H3,(H,25,31)(H,27,28,30). The Labute approximate surface area is 191 Å². The molecule has 2 amide bonds. The van der Waals surface area contributed by atoms with Crippen molar-refractivity contribution >= 4 is 34.8 Å². The van der Waals surface area contributed by atoms with E-state index in [2.05, 4.69) is 32.9 Å². The monoisotopic (exact) mass is 454 g/mol. The number of carbonyl (C=O) groups is 2. The number of nitrogens with zero attached hydrogens (tertiary/aromatic N) is 4. The quantitative estimate of drug-likeness (QED) is 0.616. The summed E-state index contributed by atoms with van der Waals surface area (Å²) in [4.78, 5) is 34.3. The summed E-state index contributed by atoms with van der Waals surface area (Å²) in [5, 5.41) is 14.5. The lowest BCUT2D eigenvalue weighted by atomic mass is 10.1. The van der Waals surface area contributed by atoms with Gasteiger partial charge in [-0.1, -0.05) is 23.7 Å². The maximum absolute atomic E-state index is 12.5. The van der Waals surface area contributed by atoms with Crippen LogP contribution >= 0.6 is 11.6 Å². The van der Waals surface area contributed by atoms with Crippen LogP contribution in [0.25, 0.3) is 5.57 Å². The Bertz CT molecular complexity index is 1060. The molecule has 10 heteroatoms.